The van der Waals surface area contributed by atoms with Crippen LogP contribution in [0.3, 0.4) is 0 Å². The van der Waals surface area contributed by atoms with Gasteiger partial charge in [-0.1, -0.05) is 25.5 Å². The van der Waals surface area contributed by atoms with Crippen LogP contribution in [0.25, 0.3) is 5.69 Å². The lowest BCUT2D eigenvalue weighted by atomic mass is 10.1. The summed E-state index contributed by atoms with van der Waals surface area (Å²) >= 11 is 0. The van der Waals surface area contributed by atoms with Gasteiger partial charge in [0.05, 0.1) is 0 Å². The number of rotatable bonds is 4. The molecule has 0 radical (unpaired) electrons. The Labute approximate surface area is 104 Å². The fourth-order valence-corrected chi connectivity index (χ4v) is 2.27. The van der Waals surface area contributed by atoms with Crippen molar-refractivity contribution < 1.29 is 0 Å². The average Bonchev–Trinajstić information content (AvgIpc) is 2.67. The van der Waals surface area contributed by atoms with Crippen LogP contribution in [0.4, 0.5) is 0 Å². The van der Waals surface area contributed by atoms with Gasteiger partial charge in [0.15, 0.2) is 0 Å². The van der Waals surface area contributed by atoms with Gasteiger partial charge < -0.3 is 4.57 Å². The first-order valence-corrected chi connectivity index (χ1v) is 6.46. The summed E-state index contributed by atoms with van der Waals surface area (Å²) in [4.78, 5) is 0. The van der Waals surface area contributed by atoms with Crippen molar-refractivity contribution in [2.24, 2.45) is 0 Å². The Bertz CT molecular complexity index is 457. The molecule has 1 aromatic carbocycles. The molecule has 0 atom stereocenters. The summed E-state index contributed by atoms with van der Waals surface area (Å²) in [5.41, 5.74) is 5.30. The van der Waals surface area contributed by atoms with E-state index < -0.39 is 0 Å². The highest BCUT2D eigenvalue weighted by molar-refractivity contribution is 5.39. The summed E-state index contributed by atoms with van der Waals surface area (Å²) in [6, 6.07) is 13.3. The van der Waals surface area contributed by atoms with Crippen molar-refractivity contribution in [2.75, 3.05) is 0 Å². The Morgan fingerprint density at radius 3 is 2.00 bits per heavy atom. The number of aromatic nitrogens is 1. The van der Waals surface area contributed by atoms with E-state index in [1.54, 1.807) is 0 Å². The highest BCUT2D eigenvalue weighted by Crippen LogP contribution is 2.17. The lowest BCUT2D eigenvalue weighted by Crippen LogP contribution is -1.98. The Morgan fingerprint density at radius 1 is 0.882 bits per heavy atom. The molecule has 0 bridgehead atoms. The Balaban J connectivity index is 2.23. The van der Waals surface area contributed by atoms with E-state index in [1.807, 2.05) is 0 Å². The summed E-state index contributed by atoms with van der Waals surface area (Å²) in [5.74, 6) is 0. The van der Waals surface area contributed by atoms with Crippen LogP contribution in [0.1, 0.15) is 36.7 Å². The van der Waals surface area contributed by atoms with Crippen LogP contribution in [-0.2, 0) is 6.42 Å². The van der Waals surface area contributed by atoms with E-state index in [9.17, 15) is 0 Å². The molecule has 1 heteroatoms. The molecule has 0 aliphatic carbocycles. The van der Waals surface area contributed by atoms with Gasteiger partial charge in [0.25, 0.3) is 0 Å². The maximum absolute atomic E-state index is 2.30. The third-order valence-corrected chi connectivity index (χ3v) is 3.28. The van der Waals surface area contributed by atoms with E-state index in [2.05, 4.69) is 61.7 Å². The molecule has 0 aliphatic heterocycles. The van der Waals surface area contributed by atoms with Crippen molar-refractivity contribution in [1.29, 1.82) is 0 Å². The standard InChI is InChI=1S/C16H21N/c1-4-5-6-15-9-11-16(12-10-15)17-13(2)7-8-14(17)3/h7-12H,4-6H2,1-3H3. The van der Waals surface area contributed by atoms with E-state index in [4.69, 9.17) is 0 Å². The molecule has 0 spiro atoms. The minimum absolute atomic E-state index is 1.19. The molecule has 0 saturated carbocycles. The summed E-state index contributed by atoms with van der Waals surface area (Å²) in [6.07, 6.45) is 3.74. The van der Waals surface area contributed by atoms with Crippen LogP contribution >= 0.6 is 0 Å². The molecule has 90 valence electrons. The first-order chi connectivity index (χ1) is 8.22. The Morgan fingerprint density at radius 2 is 1.47 bits per heavy atom. The van der Waals surface area contributed by atoms with Crippen LogP contribution < -0.4 is 0 Å². The van der Waals surface area contributed by atoms with E-state index in [0.717, 1.165) is 0 Å². The van der Waals surface area contributed by atoms with E-state index in [1.165, 1.54) is 41.9 Å². The highest BCUT2D eigenvalue weighted by Gasteiger charge is 2.03. The van der Waals surface area contributed by atoms with Crippen LogP contribution in [-0.4, -0.2) is 4.57 Å². The SMILES string of the molecule is CCCCc1ccc(-n2c(C)ccc2C)cc1. The largest absolute Gasteiger partial charge is 0.319 e. The summed E-state index contributed by atoms with van der Waals surface area (Å²) < 4.78 is 2.30. The van der Waals surface area contributed by atoms with Gasteiger partial charge >= 0.3 is 0 Å². The molecule has 1 aromatic heterocycles. The summed E-state index contributed by atoms with van der Waals surface area (Å²) in [6.45, 7) is 6.54. The number of unbranched alkanes of at least 4 members (excludes halogenated alkanes) is 1. The number of hydrogen-bond acceptors (Lipinski definition) is 0. The van der Waals surface area contributed by atoms with Gasteiger partial charge in [-0.15, -0.1) is 0 Å². The molecule has 2 rings (SSSR count). The molecule has 0 saturated heterocycles. The van der Waals surface area contributed by atoms with Crippen LogP contribution in [0.15, 0.2) is 36.4 Å². The normalized spacial score (nSPS) is 10.8. The lowest BCUT2D eigenvalue weighted by molar-refractivity contribution is 0.794. The topological polar surface area (TPSA) is 4.93 Å². The molecule has 0 unspecified atom stereocenters. The minimum atomic E-state index is 1.19. The molecule has 2 aromatic rings. The van der Waals surface area contributed by atoms with Gasteiger partial charge in [-0.3, -0.25) is 0 Å². The molecular weight excluding hydrogens is 206 g/mol. The fraction of sp³-hybridized carbons (Fsp3) is 0.375. The van der Waals surface area contributed by atoms with Gasteiger partial charge in [-0.2, -0.15) is 0 Å². The molecule has 17 heavy (non-hydrogen) atoms. The van der Waals surface area contributed by atoms with Crippen molar-refractivity contribution >= 4 is 0 Å². The summed E-state index contributed by atoms with van der Waals surface area (Å²) in [5, 5.41) is 0. The number of aryl methyl sites for hydroxylation is 3. The Hall–Kier alpha value is -1.50. The smallest absolute Gasteiger partial charge is 0.0455 e. The van der Waals surface area contributed by atoms with Crippen LogP contribution in [0.5, 0.6) is 0 Å². The lowest BCUT2D eigenvalue weighted by Gasteiger charge is -2.10. The second kappa shape index (κ2) is 5.22. The first-order valence-electron chi connectivity index (χ1n) is 6.46. The van der Waals surface area contributed by atoms with E-state index >= 15 is 0 Å². The van der Waals surface area contributed by atoms with Crippen LogP contribution in [0, 0.1) is 13.8 Å². The van der Waals surface area contributed by atoms with Crippen molar-refractivity contribution in [3.8, 4) is 5.69 Å². The predicted octanol–water partition coefficient (Wildman–Crippen LogP) is 4.44. The zero-order valence-corrected chi connectivity index (χ0v) is 11.0. The van der Waals surface area contributed by atoms with Gasteiger partial charge in [-0.05, 0) is 56.5 Å². The third kappa shape index (κ3) is 2.60. The number of benzene rings is 1. The molecule has 0 aliphatic rings. The molecule has 1 heterocycles. The van der Waals surface area contributed by atoms with Crippen molar-refractivity contribution in [3.05, 3.63) is 53.3 Å². The van der Waals surface area contributed by atoms with Gasteiger partial charge in [0.2, 0.25) is 0 Å². The van der Waals surface area contributed by atoms with Crippen molar-refractivity contribution in [3.63, 3.8) is 0 Å². The van der Waals surface area contributed by atoms with Crippen molar-refractivity contribution in [1.82, 2.24) is 4.57 Å². The predicted molar refractivity (Wildman–Crippen MR) is 73.9 cm³/mol. The first kappa shape index (κ1) is 12.0. The van der Waals surface area contributed by atoms with Crippen molar-refractivity contribution in [2.45, 2.75) is 40.0 Å². The van der Waals surface area contributed by atoms with Gasteiger partial charge in [-0.25, -0.2) is 0 Å². The maximum atomic E-state index is 2.30. The Kier molecular flexibility index (Phi) is 3.68. The monoisotopic (exact) mass is 227 g/mol. The zero-order valence-electron chi connectivity index (χ0n) is 11.0. The zero-order chi connectivity index (χ0) is 12.3. The van der Waals surface area contributed by atoms with Crippen LogP contribution in [0.2, 0.25) is 0 Å². The highest BCUT2D eigenvalue weighted by atomic mass is 15.0. The minimum Gasteiger partial charge on any atom is -0.319 e. The quantitative estimate of drug-likeness (QED) is 0.728. The third-order valence-electron chi connectivity index (χ3n) is 3.28. The van der Waals surface area contributed by atoms with E-state index in [0.29, 0.717) is 0 Å². The second-order valence-corrected chi connectivity index (χ2v) is 4.72. The molecule has 0 amide bonds. The van der Waals surface area contributed by atoms with Gasteiger partial charge in [0, 0.05) is 17.1 Å². The number of nitrogens with zero attached hydrogens (tertiary/aromatic N) is 1. The maximum Gasteiger partial charge on any atom is 0.0455 e. The number of hydrogen-bond donors (Lipinski definition) is 0. The second-order valence-electron chi connectivity index (χ2n) is 4.72. The van der Waals surface area contributed by atoms with E-state index in [-0.39, 0.29) is 0 Å². The molecule has 0 fully saturated rings. The van der Waals surface area contributed by atoms with Gasteiger partial charge in [0.1, 0.15) is 0 Å². The fourth-order valence-electron chi connectivity index (χ4n) is 2.27. The summed E-state index contributed by atoms with van der Waals surface area (Å²) in [7, 11) is 0. The molecular formula is C16H21N. The average molecular weight is 227 g/mol. The molecule has 1 nitrogen and oxygen atoms in total. The molecule has 0 N–H and O–H groups in total.